The molecule has 0 unspecified atom stereocenters. The lowest BCUT2D eigenvalue weighted by atomic mass is 10.1. The number of rotatable bonds is 3. The van der Waals surface area contributed by atoms with Crippen LogP contribution in [0.5, 0.6) is 0 Å². The molecule has 2 aromatic rings. The summed E-state index contributed by atoms with van der Waals surface area (Å²) >= 11 is 0. The van der Waals surface area contributed by atoms with E-state index in [-0.39, 0.29) is 5.95 Å². The third kappa shape index (κ3) is 1.79. The molecule has 0 saturated carbocycles. The summed E-state index contributed by atoms with van der Waals surface area (Å²) in [4.78, 5) is 21.8. The number of aromatic amines is 1. The van der Waals surface area contributed by atoms with Crippen molar-refractivity contribution >= 4 is 22.7 Å². The van der Waals surface area contributed by atoms with Gasteiger partial charge in [-0.15, -0.1) is 0 Å². The van der Waals surface area contributed by atoms with Gasteiger partial charge in [0.05, 0.1) is 5.71 Å². The van der Waals surface area contributed by atoms with Crippen LogP contribution >= 0.6 is 0 Å². The molecule has 0 aliphatic carbocycles. The molecule has 0 fully saturated rings. The summed E-state index contributed by atoms with van der Waals surface area (Å²) in [6.45, 7) is 0.603. The number of aromatic nitrogens is 2. The van der Waals surface area contributed by atoms with Gasteiger partial charge in [-0.2, -0.15) is 0 Å². The van der Waals surface area contributed by atoms with Gasteiger partial charge >= 0.3 is 5.95 Å². The number of benzene rings is 1. The van der Waals surface area contributed by atoms with Gasteiger partial charge in [0.2, 0.25) is 0 Å². The summed E-state index contributed by atoms with van der Waals surface area (Å²) in [7, 11) is 0. The summed E-state index contributed by atoms with van der Waals surface area (Å²) in [5.41, 5.74) is 3.15. The van der Waals surface area contributed by atoms with Crippen LogP contribution in [0.1, 0.15) is 12.0 Å². The number of H-pyrrole nitrogens is 1. The third-order valence-corrected chi connectivity index (χ3v) is 2.83. The molecule has 7 nitrogen and oxygen atoms in total. The number of hydrogen-bond donors (Lipinski definition) is 1. The van der Waals surface area contributed by atoms with Crippen LogP contribution in [0.4, 0.5) is 5.95 Å². The SMILES string of the molecule is O=[N+]([O-])c1nc2c(CC3=NOCC3)cccc2[nH]1. The number of fused-ring (bicyclic) bond motifs is 1. The predicted molar refractivity (Wildman–Crippen MR) is 64.5 cm³/mol. The molecule has 0 saturated heterocycles. The molecule has 0 bridgehead atoms. The maximum Gasteiger partial charge on any atom is 0.433 e. The summed E-state index contributed by atoms with van der Waals surface area (Å²) in [5.74, 6) is -0.234. The van der Waals surface area contributed by atoms with E-state index >= 15 is 0 Å². The van der Waals surface area contributed by atoms with Gasteiger partial charge in [-0.25, -0.2) is 4.98 Å². The van der Waals surface area contributed by atoms with Gasteiger partial charge in [-0.3, -0.25) is 0 Å². The van der Waals surface area contributed by atoms with E-state index in [0.29, 0.717) is 24.1 Å². The number of imidazole rings is 1. The Bertz CT molecular complexity index is 647. The van der Waals surface area contributed by atoms with E-state index in [1.807, 2.05) is 12.1 Å². The molecule has 7 heteroatoms. The molecule has 1 aromatic heterocycles. The first kappa shape index (κ1) is 10.7. The van der Waals surface area contributed by atoms with E-state index in [2.05, 4.69) is 15.1 Å². The molecule has 0 radical (unpaired) electrons. The summed E-state index contributed by atoms with van der Waals surface area (Å²) in [6, 6.07) is 5.51. The normalized spacial score (nSPS) is 14.6. The highest BCUT2D eigenvalue weighted by molar-refractivity contribution is 5.91. The number of para-hydroxylation sites is 1. The van der Waals surface area contributed by atoms with Crippen LogP contribution in [0.25, 0.3) is 11.0 Å². The zero-order valence-corrected chi connectivity index (χ0v) is 9.42. The van der Waals surface area contributed by atoms with Crippen molar-refractivity contribution in [1.82, 2.24) is 9.97 Å². The highest BCUT2D eigenvalue weighted by Crippen LogP contribution is 2.21. The fourth-order valence-corrected chi connectivity index (χ4v) is 1.99. The molecule has 2 heterocycles. The highest BCUT2D eigenvalue weighted by Gasteiger charge is 2.18. The minimum atomic E-state index is -0.528. The second kappa shape index (κ2) is 4.10. The molecule has 0 amide bonds. The number of nitrogens with one attached hydrogen (secondary N) is 1. The molecule has 1 N–H and O–H groups in total. The Morgan fingerprint density at radius 2 is 2.39 bits per heavy atom. The maximum atomic E-state index is 10.7. The molecule has 3 rings (SSSR count). The minimum absolute atomic E-state index is 0.234. The number of oxime groups is 1. The first-order chi connectivity index (χ1) is 8.74. The molecule has 92 valence electrons. The number of hydrogen-bond acceptors (Lipinski definition) is 5. The molecular formula is C11H10N4O3. The quantitative estimate of drug-likeness (QED) is 0.659. The van der Waals surface area contributed by atoms with Crippen LogP contribution in [-0.4, -0.2) is 27.2 Å². The Labute approximate surface area is 102 Å². The van der Waals surface area contributed by atoms with Crippen molar-refractivity contribution in [1.29, 1.82) is 0 Å². The first-order valence-electron chi connectivity index (χ1n) is 5.54. The van der Waals surface area contributed by atoms with E-state index < -0.39 is 4.92 Å². The average molecular weight is 246 g/mol. The summed E-state index contributed by atoms with van der Waals surface area (Å²) in [6.07, 6.45) is 1.41. The number of nitrogens with zero attached hydrogens (tertiary/aromatic N) is 3. The zero-order valence-electron chi connectivity index (χ0n) is 9.42. The average Bonchev–Trinajstić information content (AvgIpc) is 2.97. The maximum absolute atomic E-state index is 10.7. The monoisotopic (exact) mass is 246 g/mol. The molecule has 0 atom stereocenters. The van der Waals surface area contributed by atoms with Crippen LogP contribution in [-0.2, 0) is 11.3 Å². The van der Waals surface area contributed by atoms with Gasteiger partial charge in [0, 0.05) is 18.4 Å². The first-order valence-corrected chi connectivity index (χ1v) is 5.54. The fraction of sp³-hybridized carbons (Fsp3) is 0.273. The molecule has 1 aliphatic heterocycles. The lowest BCUT2D eigenvalue weighted by Crippen LogP contribution is -2.00. The van der Waals surface area contributed by atoms with E-state index in [0.717, 1.165) is 17.7 Å². The summed E-state index contributed by atoms with van der Waals surface area (Å²) in [5, 5.41) is 14.6. The van der Waals surface area contributed by atoms with Crippen molar-refractivity contribution < 1.29 is 9.76 Å². The Morgan fingerprint density at radius 3 is 3.11 bits per heavy atom. The molecule has 1 aromatic carbocycles. The topological polar surface area (TPSA) is 93.4 Å². The summed E-state index contributed by atoms with van der Waals surface area (Å²) < 4.78 is 0. The molecule has 18 heavy (non-hydrogen) atoms. The Balaban J connectivity index is 2.02. The predicted octanol–water partition coefficient (Wildman–Crippen LogP) is 1.79. The molecule has 1 aliphatic rings. The minimum Gasteiger partial charge on any atom is -0.395 e. The van der Waals surface area contributed by atoms with E-state index in [9.17, 15) is 10.1 Å². The molecular weight excluding hydrogens is 236 g/mol. The van der Waals surface area contributed by atoms with Crippen molar-refractivity contribution in [3.63, 3.8) is 0 Å². The van der Waals surface area contributed by atoms with Gasteiger partial charge in [0.1, 0.15) is 12.1 Å². The van der Waals surface area contributed by atoms with Crippen molar-refractivity contribution in [3.05, 3.63) is 33.9 Å². The van der Waals surface area contributed by atoms with Gasteiger partial charge in [0.25, 0.3) is 0 Å². The van der Waals surface area contributed by atoms with E-state index in [1.165, 1.54) is 0 Å². The van der Waals surface area contributed by atoms with E-state index in [4.69, 9.17) is 4.84 Å². The Kier molecular flexibility index (Phi) is 2.44. The van der Waals surface area contributed by atoms with Gasteiger partial charge < -0.3 is 15.0 Å². The standard InChI is InChI=1S/C11H10N4O3/c16-15(17)11-12-9-3-1-2-7(10(9)13-11)6-8-4-5-18-14-8/h1-3H,4-6H2,(H,12,13). The Hall–Kier alpha value is -2.44. The fourth-order valence-electron chi connectivity index (χ4n) is 1.99. The second-order valence-corrected chi connectivity index (χ2v) is 4.05. The van der Waals surface area contributed by atoms with Gasteiger partial charge in [0.15, 0.2) is 5.52 Å². The smallest absolute Gasteiger partial charge is 0.395 e. The van der Waals surface area contributed by atoms with E-state index in [1.54, 1.807) is 6.07 Å². The third-order valence-electron chi connectivity index (χ3n) is 2.83. The van der Waals surface area contributed by atoms with Gasteiger partial charge in [-0.05, 0) is 11.0 Å². The lowest BCUT2D eigenvalue weighted by molar-refractivity contribution is -0.393. The van der Waals surface area contributed by atoms with Crippen molar-refractivity contribution in [3.8, 4) is 0 Å². The van der Waals surface area contributed by atoms with Crippen LogP contribution in [0.15, 0.2) is 23.4 Å². The van der Waals surface area contributed by atoms with Gasteiger partial charge in [-0.1, -0.05) is 22.3 Å². The van der Waals surface area contributed by atoms with Crippen LogP contribution in [0, 0.1) is 10.1 Å². The molecule has 0 spiro atoms. The lowest BCUT2D eigenvalue weighted by Gasteiger charge is -1.97. The van der Waals surface area contributed by atoms with Crippen LogP contribution < -0.4 is 0 Å². The van der Waals surface area contributed by atoms with Crippen molar-refractivity contribution in [2.75, 3.05) is 6.61 Å². The second-order valence-electron chi connectivity index (χ2n) is 4.05. The largest absolute Gasteiger partial charge is 0.433 e. The van der Waals surface area contributed by atoms with Crippen molar-refractivity contribution in [2.45, 2.75) is 12.8 Å². The van der Waals surface area contributed by atoms with Crippen LogP contribution in [0.3, 0.4) is 0 Å². The number of nitro groups is 1. The Morgan fingerprint density at radius 1 is 1.50 bits per heavy atom. The van der Waals surface area contributed by atoms with Crippen molar-refractivity contribution in [2.24, 2.45) is 5.16 Å². The van der Waals surface area contributed by atoms with Crippen LogP contribution in [0.2, 0.25) is 0 Å². The highest BCUT2D eigenvalue weighted by atomic mass is 16.6. The zero-order chi connectivity index (χ0) is 12.5.